The number of benzene rings is 1. The summed E-state index contributed by atoms with van der Waals surface area (Å²) in [5, 5.41) is 27.2. The molecule has 3 nitrogen and oxygen atoms in total. The number of nitrogens with zero attached hydrogens (tertiary/aromatic N) is 1. The van der Waals surface area contributed by atoms with Crippen LogP contribution in [0, 0.1) is 11.3 Å². The van der Waals surface area contributed by atoms with Crippen LogP contribution in [-0.4, -0.2) is 25.8 Å². The Balaban J connectivity index is 2.73. The SMILES string of the molecule is CC(C#N)(CCCO)SC(=S)c1ccc(O)cc1. The normalized spacial score (nSPS) is 13.6. The third-order valence-corrected chi connectivity index (χ3v) is 4.12. The summed E-state index contributed by atoms with van der Waals surface area (Å²) in [6, 6.07) is 8.84. The summed E-state index contributed by atoms with van der Waals surface area (Å²) in [5.74, 6) is 0.190. The van der Waals surface area contributed by atoms with Crippen LogP contribution in [0.3, 0.4) is 0 Å². The number of phenols is 1. The van der Waals surface area contributed by atoms with Crippen LogP contribution in [0.5, 0.6) is 5.75 Å². The minimum absolute atomic E-state index is 0.0732. The smallest absolute Gasteiger partial charge is 0.115 e. The monoisotopic (exact) mass is 281 g/mol. The van der Waals surface area contributed by atoms with Crippen molar-refractivity contribution in [2.24, 2.45) is 0 Å². The van der Waals surface area contributed by atoms with Crippen LogP contribution in [0.4, 0.5) is 0 Å². The van der Waals surface area contributed by atoms with Gasteiger partial charge in [-0.25, -0.2) is 0 Å². The Bertz CT molecular complexity index is 453. The second-order valence-electron chi connectivity index (χ2n) is 4.11. The Kier molecular flexibility index (Phi) is 5.60. The van der Waals surface area contributed by atoms with Crippen molar-refractivity contribution in [3.8, 4) is 11.8 Å². The van der Waals surface area contributed by atoms with Crippen molar-refractivity contribution in [3.05, 3.63) is 29.8 Å². The molecule has 1 rings (SSSR count). The van der Waals surface area contributed by atoms with Crippen molar-refractivity contribution in [2.75, 3.05) is 6.61 Å². The lowest BCUT2D eigenvalue weighted by Gasteiger charge is -2.20. The predicted octanol–water partition coefficient (Wildman–Crippen LogP) is 2.86. The molecule has 0 bridgehead atoms. The van der Waals surface area contributed by atoms with Crippen LogP contribution in [0.15, 0.2) is 24.3 Å². The molecule has 1 atom stereocenters. The van der Waals surface area contributed by atoms with E-state index in [1.54, 1.807) is 24.3 Å². The van der Waals surface area contributed by atoms with Gasteiger partial charge in [0.25, 0.3) is 0 Å². The van der Waals surface area contributed by atoms with Gasteiger partial charge in [-0.05, 0) is 49.6 Å². The molecule has 0 amide bonds. The molecule has 1 aromatic rings. The quantitative estimate of drug-likeness (QED) is 0.813. The lowest BCUT2D eigenvalue weighted by molar-refractivity contribution is 0.282. The number of phenolic OH excluding ortho intramolecular Hbond substituents is 1. The van der Waals surface area contributed by atoms with Gasteiger partial charge in [0, 0.05) is 6.61 Å². The summed E-state index contributed by atoms with van der Waals surface area (Å²) in [7, 11) is 0. The highest BCUT2D eigenvalue weighted by molar-refractivity contribution is 8.24. The molecule has 0 spiro atoms. The first-order valence-electron chi connectivity index (χ1n) is 5.55. The fourth-order valence-electron chi connectivity index (χ4n) is 1.41. The average Bonchev–Trinajstić information content (AvgIpc) is 2.37. The highest BCUT2D eigenvalue weighted by Gasteiger charge is 2.26. The van der Waals surface area contributed by atoms with Crippen LogP contribution in [-0.2, 0) is 0 Å². The summed E-state index contributed by atoms with van der Waals surface area (Å²) < 4.78 is -0.00507. The van der Waals surface area contributed by atoms with Crippen LogP contribution in [0.2, 0.25) is 0 Å². The van der Waals surface area contributed by atoms with Gasteiger partial charge in [-0.3, -0.25) is 0 Å². The van der Waals surface area contributed by atoms with Gasteiger partial charge in [0.2, 0.25) is 0 Å². The maximum atomic E-state index is 9.20. The third kappa shape index (κ3) is 4.30. The van der Waals surface area contributed by atoms with Gasteiger partial charge in [0.05, 0.1) is 10.3 Å². The van der Waals surface area contributed by atoms with E-state index < -0.39 is 4.75 Å². The molecular formula is C13H15NO2S2. The number of thioether (sulfide) groups is 1. The molecule has 0 aromatic heterocycles. The van der Waals surface area contributed by atoms with Gasteiger partial charge in [-0.15, -0.1) is 0 Å². The fourth-order valence-corrected chi connectivity index (χ4v) is 3.05. The molecular weight excluding hydrogens is 266 g/mol. The summed E-state index contributed by atoms with van der Waals surface area (Å²) in [6.07, 6.45) is 1.16. The highest BCUT2D eigenvalue weighted by Crippen LogP contribution is 2.33. The molecule has 0 fully saturated rings. The minimum Gasteiger partial charge on any atom is -0.508 e. The molecule has 2 N–H and O–H groups in total. The summed E-state index contributed by atoms with van der Waals surface area (Å²) in [5.41, 5.74) is 0.818. The molecule has 1 aromatic carbocycles. The lowest BCUT2D eigenvalue weighted by atomic mass is 10.1. The van der Waals surface area contributed by atoms with Gasteiger partial charge < -0.3 is 10.2 Å². The van der Waals surface area contributed by atoms with E-state index in [0.717, 1.165) is 5.56 Å². The predicted molar refractivity (Wildman–Crippen MR) is 77.7 cm³/mol. The van der Waals surface area contributed by atoms with Crippen molar-refractivity contribution < 1.29 is 10.2 Å². The number of thiocarbonyl (C=S) groups is 1. The van der Waals surface area contributed by atoms with Crippen molar-refractivity contribution >= 4 is 28.2 Å². The Hall–Kier alpha value is -1.09. The first-order chi connectivity index (χ1) is 8.50. The number of aliphatic hydroxyl groups excluding tert-OH is 1. The van der Waals surface area contributed by atoms with Gasteiger partial charge in [-0.1, -0.05) is 24.0 Å². The van der Waals surface area contributed by atoms with Crippen molar-refractivity contribution in [3.63, 3.8) is 0 Å². The van der Waals surface area contributed by atoms with E-state index in [2.05, 4.69) is 6.07 Å². The van der Waals surface area contributed by atoms with E-state index in [9.17, 15) is 10.4 Å². The number of hydrogen-bond acceptors (Lipinski definition) is 5. The number of rotatable bonds is 5. The summed E-state index contributed by atoms with van der Waals surface area (Å²) >= 11 is 6.62. The maximum Gasteiger partial charge on any atom is 0.115 e. The zero-order chi connectivity index (χ0) is 13.6. The van der Waals surface area contributed by atoms with Gasteiger partial charge in [0.1, 0.15) is 10.5 Å². The van der Waals surface area contributed by atoms with Crippen molar-refractivity contribution in [1.82, 2.24) is 0 Å². The number of aromatic hydroxyl groups is 1. The van der Waals surface area contributed by atoms with E-state index in [0.29, 0.717) is 17.0 Å². The molecule has 0 aliphatic carbocycles. The first-order valence-corrected chi connectivity index (χ1v) is 6.78. The van der Waals surface area contributed by atoms with E-state index in [-0.39, 0.29) is 12.4 Å². The molecule has 18 heavy (non-hydrogen) atoms. The number of hydrogen-bond donors (Lipinski definition) is 2. The minimum atomic E-state index is -0.627. The first kappa shape index (κ1) is 15.0. The standard InChI is InChI=1S/C13H15NO2S2/c1-13(9-14,7-2-8-15)18-12(17)10-3-5-11(16)6-4-10/h3-6,15-16H,2,7-8H2,1H3. The summed E-state index contributed by atoms with van der Waals surface area (Å²) in [4.78, 5) is 0. The molecule has 0 saturated heterocycles. The molecule has 5 heteroatoms. The molecule has 1 unspecified atom stereocenters. The zero-order valence-corrected chi connectivity index (χ0v) is 11.7. The number of aliphatic hydroxyl groups is 1. The molecule has 0 aliphatic rings. The van der Waals surface area contributed by atoms with E-state index in [1.165, 1.54) is 11.8 Å². The van der Waals surface area contributed by atoms with Crippen LogP contribution in [0.1, 0.15) is 25.3 Å². The van der Waals surface area contributed by atoms with E-state index in [4.69, 9.17) is 17.3 Å². The molecule has 96 valence electrons. The fraction of sp³-hybridized carbons (Fsp3) is 0.385. The Morgan fingerprint density at radius 1 is 1.44 bits per heavy atom. The second kappa shape index (κ2) is 6.74. The Morgan fingerprint density at radius 3 is 2.56 bits per heavy atom. The van der Waals surface area contributed by atoms with Crippen molar-refractivity contribution in [1.29, 1.82) is 5.26 Å². The molecule has 0 heterocycles. The van der Waals surface area contributed by atoms with Crippen LogP contribution in [0.25, 0.3) is 0 Å². The largest absolute Gasteiger partial charge is 0.508 e. The van der Waals surface area contributed by atoms with Crippen LogP contribution < -0.4 is 0 Å². The molecule has 0 saturated carbocycles. The second-order valence-corrected chi connectivity index (χ2v) is 6.29. The van der Waals surface area contributed by atoms with Gasteiger partial charge in [0.15, 0.2) is 0 Å². The maximum absolute atomic E-state index is 9.20. The Morgan fingerprint density at radius 2 is 2.06 bits per heavy atom. The van der Waals surface area contributed by atoms with Crippen LogP contribution >= 0.6 is 24.0 Å². The van der Waals surface area contributed by atoms with Gasteiger partial charge >= 0.3 is 0 Å². The zero-order valence-electron chi connectivity index (χ0n) is 10.1. The topological polar surface area (TPSA) is 64.2 Å². The lowest BCUT2D eigenvalue weighted by Crippen LogP contribution is -2.20. The summed E-state index contributed by atoms with van der Waals surface area (Å²) in [6.45, 7) is 1.89. The van der Waals surface area contributed by atoms with Crippen molar-refractivity contribution in [2.45, 2.75) is 24.5 Å². The average molecular weight is 281 g/mol. The third-order valence-electron chi connectivity index (χ3n) is 2.47. The molecule has 0 aliphatic heterocycles. The highest BCUT2D eigenvalue weighted by atomic mass is 32.2. The number of nitriles is 1. The molecule has 0 radical (unpaired) electrons. The van der Waals surface area contributed by atoms with E-state index in [1.807, 2.05) is 6.92 Å². The van der Waals surface area contributed by atoms with Gasteiger partial charge in [-0.2, -0.15) is 5.26 Å². The Labute approximate surface area is 116 Å². The van der Waals surface area contributed by atoms with E-state index >= 15 is 0 Å².